The molecule has 1 saturated heterocycles. The highest BCUT2D eigenvalue weighted by atomic mass is 32.2. The molecule has 0 radical (unpaired) electrons. The molecule has 9 heteroatoms. The van der Waals surface area contributed by atoms with Crippen LogP contribution in [0, 0.1) is 0 Å². The number of benzene rings is 2. The third-order valence-electron chi connectivity index (χ3n) is 7.34. The van der Waals surface area contributed by atoms with E-state index in [0.717, 1.165) is 22.0 Å². The first-order valence-corrected chi connectivity index (χ1v) is 15.1. The molecule has 1 fully saturated rings. The SMILES string of the molecule is CC(C)OC(=O)C1=CN(C(=O)c2cccc(CN3CCS(=O)(=O)CC3)c2)CC(C)(C)c2c1[nH]c1ccccc21. The minimum atomic E-state index is -2.96. The summed E-state index contributed by atoms with van der Waals surface area (Å²) in [7, 11) is -2.96. The van der Waals surface area contributed by atoms with Crippen LogP contribution in [0.5, 0.6) is 0 Å². The van der Waals surface area contributed by atoms with Crippen molar-refractivity contribution in [2.24, 2.45) is 0 Å². The molecule has 1 aromatic heterocycles. The number of nitrogens with one attached hydrogen (secondary N) is 1. The van der Waals surface area contributed by atoms with E-state index in [0.29, 0.717) is 43.0 Å². The van der Waals surface area contributed by atoms with Gasteiger partial charge in [-0.3, -0.25) is 9.69 Å². The van der Waals surface area contributed by atoms with E-state index in [1.165, 1.54) is 0 Å². The van der Waals surface area contributed by atoms with Crippen LogP contribution < -0.4 is 0 Å². The molecule has 8 nitrogen and oxygen atoms in total. The van der Waals surface area contributed by atoms with Crippen LogP contribution in [0.15, 0.2) is 54.7 Å². The Labute approximate surface area is 229 Å². The standard InChI is InChI=1S/C30H35N3O5S/c1-20(2)38-29(35)24-18-33(19-30(3,4)26-23-10-5-6-11-25(23)31-27(24)26)28(34)22-9-7-8-21(16-22)17-32-12-14-39(36,37)15-13-32/h5-11,16,18,20,31H,12-15,17,19H2,1-4H3. The van der Waals surface area contributed by atoms with Gasteiger partial charge in [0.25, 0.3) is 5.91 Å². The maximum absolute atomic E-state index is 13.9. The predicted octanol–water partition coefficient (Wildman–Crippen LogP) is 4.12. The molecule has 1 amide bonds. The highest BCUT2D eigenvalue weighted by Gasteiger charge is 2.37. The largest absolute Gasteiger partial charge is 0.459 e. The molecule has 0 spiro atoms. The molecule has 0 saturated carbocycles. The zero-order valence-electron chi connectivity index (χ0n) is 22.9. The van der Waals surface area contributed by atoms with Crippen molar-refractivity contribution in [3.63, 3.8) is 0 Å². The van der Waals surface area contributed by atoms with E-state index in [9.17, 15) is 18.0 Å². The maximum atomic E-state index is 13.9. The van der Waals surface area contributed by atoms with Crippen molar-refractivity contribution in [1.82, 2.24) is 14.8 Å². The lowest BCUT2D eigenvalue weighted by Gasteiger charge is -2.30. The molecule has 0 atom stereocenters. The van der Waals surface area contributed by atoms with Gasteiger partial charge in [0.2, 0.25) is 0 Å². The van der Waals surface area contributed by atoms with Crippen molar-refractivity contribution in [2.75, 3.05) is 31.1 Å². The Balaban J connectivity index is 1.49. The Morgan fingerprint density at radius 3 is 2.49 bits per heavy atom. The first kappa shape index (κ1) is 27.1. The van der Waals surface area contributed by atoms with E-state index in [4.69, 9.17) is 4.74 Å². The zero-order chi connectivity index (χ0) is 27.9. The van der Waals surface area contributed by atoms with Crippen LogP contribution in [-0.2, 0) is 31.3 Å². The van der Waals surface area contributed by atoms with Crippen molar-refractivity contribution in [2.45, 2.75) is 45.8 Å². The lowest BCUT2D eigenvalue weighted by atomic mass is 9.81. The Kier molecular flexibility index (Phi) is 7.15. The number of rotatable bonds is 5. The second kappa shape index (κ2) is 10.3. The molecule has 1 N–H and O–H groups in total. The topological polar surface area (TPSA) is 99.8 Å². The summed E-state index contributed by atoms with van der Waals surface area (Å²) in [6.45, 7) is 9.67. The van der Waals surface area contributed by atoms with Crippen LogP contribution in [0.3, 0.4) is 0 Å². The van der Waals surface area contributed by atoms with Gasteiger partial charge in [0.1, 0.15) is 0 Å². The number of carbonyl (C=O) groups excluding carboxylic acids is 2. The van der Waals surface area contributed by atoms with E-state index >= 15 is 0 Å². The van der Waals surface area contributed by atoms with Gasteiger partial charge in [0.15, 0.2) is 9.84 Å². The third kappa shape index (κ3) is 5.65. The Hall–Kier alpha value is -3.43. The molecule has 0 unspecified atom stereocenters. The summed E-state index contributed by atoms with van der Waals surface area (Å²) in [5, 5.41) is 1.01. The molecule has 2 aliphatic rings. The maximum Gasteiger partial charge on any atom is 0.342 e. The monoisotopic (exact) mass is 549 g/mol. The van der Waals surface area contributed by atoms with Crippen LogP contribution >= 0.6 is 0 Å². The van der Waals surface area contributed by atoms with Crippen molar-refractivity contribution >= 4 is 38.2 Å². The molecule has 2 aromatic carbocycles. The number of fused-ring (bicyclic) bond motifs is 3. The predicted molar refractivity (Wildman–Crippen MR) is 152 cm³/mol. The van der Waals surface area contributed by atoms with E-state index in [-0.39, 0.29) is 23.5 Å². The summed E-state index contributed by atoms with van der Waals surface area (Å²) in [5.74, 6) is -0.384. The average molecular weight is 550 g/mol. The fourth-order valence-corrected chi connectivity index (χ4v) is 6.79. The number of hydrogen-bond acceptors (Lipinski definition) is 6. The number of sulfone groups is 1. The molecule has 3 aromatic rings. The highest BCUT2D eigenvalue weighted by molar-refractivity contribution is 7.91. The van der Waals surface area contributed by atoms with Gasteiger partial charge in [-0.1, -0.05) is 44.2 Å². The number of nitrogens with zero attached hydrogens (tertiary/aromatic N) is 2. The molecule has 3 heterocycles. The molecule has 0 bridgehead atoms. The lowest BCUT2D eigenvalue weighted by molar-refractivity contribution is -0.140. The van der Waals surface area contributed by atoms with Crippen LogP contribution in [0.25, 0.3) is 16.5 Å². The number of aromatic amines is 1. The van der Waals surface area contributed by atoms with E-state index in [2.05, 4.69) is 23.7 Å². The molecule has 0 aliphatic carbocycles. The summed E-state index contributed by atoms with van der Waals surface area (Å²) in [5.41, 5.74) is 3.88. The van der Waals surface area contributed by atoms with Crippen molar-refractivity contribution in [1.29, 1.82) is 0 Å². The summed E-state index contributed by atoms with van der Waals surface area (Å²) in [6, 6.07) is 15.4. The van der Waals surface area contributed by atoms with Crippen molar-refractivity contribution in [3.05, 3.63) is 77.1 Å². The fraction of sp³-hybridized carbons (Fsp3) is 0.400. The second-order valence-electron chi connectivity index (χ2n) is 11.4. The van der Waals surface area contributed by atoms with Gasteiger partial charge in [-0.15, -0.1) is 0 Å². The average Bonchev–Trinajstić information content (AvgIpc) is 3.22. The van der Waals surface area contributed by atoms with Gasteiger partial charge in [0.05, 0.1) is 28.9 Å². The first-order valence-electron chi connectivity index (χ1n) is 13.3. The van der Waals surface area contributed by atoms with E-state index in [1.807, 2.05) is 42.5 Å². The number of H-pyrrole nitrogens is 1. The minimum Gasteiger partial charge on any atom is -0.459 e. The lowest BCUT2D eigenvalue weighted by Crippen LogP contribution is -2.39. The Bertz CT molecular complexity index is 1550. The van der Waals surface area contributed by atoms with E-state index < -0.39 is 21.2 Å². The first-order chi connectivity index (χ1) is 18.4. The smallest absolute Gasteiger partial charge is 0.342 e. The third-order valence-corrected chi connectivity index (χ3v) is 8.95. The van der Waals surface area contributed by atoms with Crippen LogP contribution in [0.1, 0.15) is 54.9 Å². The van der Waals surface area contributed by atoms with Gasteiger partial charge in [0, 0.05) is 54.3 Å². The van der Waals surface area contributed by atoms with Gasteiger partial charge in [-0.25, -0.2) is 13.2 Å². The quantitative estimate of drug-likeness (QED) is 0.481. The Morgan fingerprint density at radius 2 is 1.77 bits per heavy atom. The number of hydrogen-bond donors (Lipinski definition) is 1. The highest BCUT2D eigenvalue weighted by Crippen LogP contribution is 2.40. The number of para-hydroxylation sites is 1. The van der Waals surface area contributed by atoms with Crippen LogP contribution in [0.4, 0.5) is 0 Å². The van der Waals surface area contributed by atoms with Gasteiger partial charge in [-0.05, 0) is 43.2 Å². The number of ether oxygens (including phenoxy) is 1. The van der Waals surface area contributed by atoms with Crippen molar-refractivity contribution < 1.29 is 22.7 Å². The van der Waals surface area contributed by atoms with Gasteiger partial charge >= 0.3 is 5.97 Å². The number of esters is 1. The second-order valence-corrected chi connectivity index (χ2v) is 13.7. The molecule has 206 valence electrons. The Morgan fingerprint density at radius 1 is 1.05 bits per heavy atom. The van der Waals surface area contributed by atoms with Gasteiger partial charge < -0.3 is 14.6 Å². The number of carbonyl (C=O) groups is 2. The zero-order valence-corrected chi connectivity index (χ0v) is 23.7. The summed E-state index contributed by atoms with van der Waals surface area (Å²) in [4.78, 5) is 34.4. The molecule has 39 heavy (non-hydrogen) atoms. The molecular formula is C30H35N3O5S. The fourth-order valence-electron chi connectivity index (χ4n) is 5.52. The normalized spacial score (nSPS) is 18.9. The van der Waals surface area contributed by atoms with E-state index in [1.54, 1.807) is 31.0 Å². The van der Waals surface area contributed by atoms with Crippen LogP contribution in [-0.4, -0.2) is 72.3 Å². The summed E-state index contributed by atoms with van der Waals surface area (Å²) in [6.07, 6.45) is 1.31. The summed E-state index contributed by atoms with van der Waals surface area (Å²) >= 11 is 0. The van der Waals surface area contributed by atoms with Gasteiger partial charge in [-0.2, -0.15) is 0 Å². The van der Waals surface area contributed by atoms with Crippen LogP contribution in [0.2, 0.25) is 0 Å². The number of aromatic nitrogens is 1. The molecule has 2 aliphatic heterocycles. The molecule has 5 rings (SSSR count). The summed E-state index contributed by atoms with van der Waals surface area (Å²) < 4.78 is 29.2. The van der Waals surface area contributed by atoms with Crippen molar-refractivity contribution in [3.8, 4) is 0 Å². The molecular weight excluding hydrogens is 514 g/mol. The number of amides is 1. The minimum absolute atomic E-state index is 0.156.